The molecule has 1 aliphatic rings. The third-order valence-electron chi connectivity index (χ3n) is 11.0. The molecule has 4 N–H and O–H groups in total. The topological polar surface area (TPSA) is 167 Å². The highest BCUT2D eigenvalue weighted by molar-refractivity contribution is 5.90. The van der Waals surface area contributed by atoms with Gasteiger partial charge in [0.1, 0.15) is 12.1 Å². The number of carbonyl (C=O) groups excluding carboxylic acids is 4. The van der Waals surface area contributed by atoms with Crippen molar-refractivity contribution in [3.8, 4) is 0 Å². The minimum absolute atomic E-state index is 0.0190. The third kappa shape index (κ3) is 12.0. The number of nitrogens with zero attached hydrogens (tertiary/aromatic N) is 2. The van der Waals surface area contributed by atoms with Crippen LogP contribution < -0.4 is 16.0 Å². The summed E-state index contributed by atoms with van der Waals surface area (Å²) in [5, 5.41) is 18.6. The molecule has 2 rings (SSSR count). The number of hydrogen-bond acceptors (Lipinski definition) is 8. The molecule has 1 aliphatic heterocycles. The first-order valence-electron chi connectivity index (χ1n) is 19.1. The summed E-state index contributed by atoms with van der Waals surface area (Å²) >= 11 is 0. The van der Waals surface area contributed by atoms with Gasteiger partial charge in [-0.15, -0.1) is 0 Å². The first kappa shape index (κ1) is 45.6. The summed E-state index contributed by atoms with van der Waals surface area (Å²) in [6.45, 7) is 15.4. The van der Waals surface area contributed by atoms with Gasteiger partial charge in [-0.05, 0) is 50.1 Å². The molecule has 1 saturated heterocycles. The van der Waals surface area contributed by atoms with Crippen molar-refractivity contribution in [2.75, 3.05) is 28.3 Å². The van der Waals surface area contributed by atoms with Crippen LogP contribution in [0.4, 0.5) is 0 Å². The maximum Gasteiger partial charge on any atom is 0.326 e. The van der Waals surface area contributed by atoms with Gasteiger partial charge >= 0.3 is 5.97 Å². The minimum Gasteiger partial charge on any atom is -0.480 e. The lowest BCUT2D eigenvalue weighted by molar-refractivity contribution is -0.149. The van der Waals surface area contributed by atoms with Gasteiger partial charge in [-0.3, -0.25) is 19.2 Å². The molecular formula is C40H67N5O8. The second-order valence-corrected chi connectivity index (χ2v) is 15.4. The average Bonchev–Trinajstić information content (AvgIpc) is 3.50. The van der Waals surface area contributed by atoms with Crippen molar-refractivity contribution in [1.29, 1.82) is 0 Å². The molecule has 0 radical (unpaired) electrons. The van der Waals surface area contributed by atoms with Crippen LogP contribution in [0.1, 0.15) is 86.6 Å². The number of ether oxygens (including phenoxy) is 2. The Bertz CT molecular complexity index is 1340. The Morgan fingerprint density at radius 3 is 2.00 bits per heavy atom. The van der Waals surface area contributed by atoms with Crippen LogP contribution in [-0.2, 0) is 39.9 Å². The molecule has 1 heterocycles. The van der Waals surface area contributed by atoms with E-state index in [9.17, 15) is 29.1 Å². The number of carbonyl (C=O) groups is 5. The SMILES string of the molecule is CCC(C)C(C(CC(=O)N1[C@@H](C)CC[C@H]1C(OC)C(C)C(=O)NC(Cc1ccccc1)C(=O)O)OC)N(C)C(=O)C(NC(=O)C(NC)C(C)C)C(C)C. The van der Waals surface area contributed by atoms with Gasteiger partial charge in [0.2, 0.25) is 23.6 Å². The summed E-state index contributed by atoms with van der Waals surface area (Å²) in [7, 11) is 6.47. The second kappa shape index (κ2) is 21.4. The van der Waals surface area contributed by atoms with Crippen molar-refractivity contribution in [3.63, 3.8) is 0 Å². The maximum atomic E-state index is 14.3. The predicted octanol–water partition coefficient (Wildman–Crippen LogP) is 3.49. The smallest absolute Gasteiger partial charge is 0.326 e. The largest absolute Gasteiger partial charge is 0.480 e. The Morgan fingerprint density at radius 1 is 0.906 bits per heavy atom. The van der Waals surface area contributed by atoms with Crippen LogP contribution in [0.2, 0.25) is 0 Å². The number of nitrogens with one attached hydrogen (secondary N) is 3. The first-order chi connectivity index (χ1) is 24.9. The van der Waals surface area contributed by atoms with E-state index in [1.165, 1.54) is 14.2 Å². The number of aliphatic carboxylic acids is 1. The van der Waals surface area contributed by atoms with Gasteiger partial charge in [0.25, 0.3) is 0 Å². The Labute approximate surface area is 317 Å². The van der Waals surface area contributed by atoms with E-state index in [0.29, 0.717) is 19.3 Å². The minimum atomic E-state index is -1.14. The van der Waals surface area contributed by atoms with Crippen molar-refractivity contribution in [1.82, 2.24) is 25.8 Å². The Kier molecular flexibility index (Phi) is 18.4. The fourth-order valence-corrected chi connectivity index (χ4v) is 7.72. The highest BCUT2D eigenvalue weighted by Gasteiger charge is 2.45. The number of likely N-dealkylation sites (tertiary alicyclic amines) is 1. The normalized spacial score (nSPS) is 20.5. The number of carboxylic acids is 1. The van der Waals surface area contributed by atoms with Gasteiger partial charge in [-0.1, -0.05) is 85.2 Å². The van der Waals surface area contributed by atoms with Gasteiger partial charge in [-0.25, -0.2) is 4.79 Å². The highest BCUT2D eigenvalue weighted by Crippen LogP contribution is 2.33. The zero-order valence-electron chi connectivity index (χ0n) is 34.0. The van der Waals surface area contributed by atoms with Crippen LogP contribution >= 0.6 is 0 Å². The second-order valence-electron chi connectivity index (χ2n) is 15.4. The molecule has 1 fully saturated rings. The van der Waals surface area contributed by atoms with E-state index in [1.54, 1.807) is 30.8 Å². The van der Waals surface area contributed by atoms with Crippen LogP contribution in [0.15, 0.2) is 30.3 Å². The number of likely N-dealkylation sites (N-methyl/N-ethyl adjacent to an activating group) is 2. The molecular weight excluding hydrogens is 678 g/mol. The number of hydrogen-bond donors (Lipinski definition) is 4. The quantitative estimate of drug-likeness (QED) is 0.147. The molecule has 4 amide bonds. The molecule has 13 heteroatoms. The van der Waals surface area contributed by atoms with Gasteiger partial charge < -0.3 is 40.3 Å². The third-order valence-corrected chi connectivity index (χ3v) is 11.0. The van der Waals surface area contributed by atoms with Crippen LogP contribution in [0, 0.1) is 23.7 Å². The van der Waals surface area contributed by atoms with E-state index >= 15 is 0 Å². The number of benzene rings is 1. The van der Waals surface area contributed by atoms with Crippen LogP contribution in [0.25, 0.3) is 0 Å². The molecule has 10 atom stereocenters. The Hall–Kier alpha value is -3.55. The standard InChI is InChI=1S/C40H67N5O8/c1-13-25(6)35(44(10)39(49)34(24(4)5)43-38(48)33(41-9)23(2)3)31(52-11)22-32(46)45-26(7)19-20-30(45)36(53-12)27(8)37(47)42-29(40(50)51)21-28-17-15-14-16-18-28/h14-18,23-27,29-31,33-36,41H,13,19-22H2,1-12H3,(H,42,47)(H,43,48)(H,50,51)/t25?,26-,27?,29?,30-,31?,33?,34?,35?,36?/m0/s1. The van der Waals surface area contributed by atoms with Crippen LogP contribution in [0.5, 0.6) is 0 Å². The van der Waals surface area contributed by atoms with E-state index in [1.807, 2.05) is 78.8 Å². The number of methoxy groups -OCH3 is 2. The molecule has 53 heavy (non-hydrogen) atoms. The van der Waals surface area contributed by atoms with Crippen molar-refractivity contribution in [3.05, 3.63) is 35.9 Å². The zero-order valence-corrected chi connectivity index (χ0v) is 34.0. The predicted molar refractivity (Wildman–Crippen MR) is 205 cm³/mol. The van der Waals surface area contributed by atoms with Crippen molar-refractivity contribution >= 4 is 29.6 Å². The monoisotopic (exact) mass is 745 g/mol. The van der Waals surface area contributed by atoms with Crippen LogP contribution in [-0.4, -0.2) is 121 Å². The summed E-state index contributed by atoms with van der Waals surface area (Å²) in [6.07, 6.45) is 0.748. The van der Waals surface area contributed by atoms with E-state index < -0.39 is 60.2 Å². The maximum absolute atomic E-state index is 14.3. The summed E-state index contributed by atoms with van der Waals surface area (Å²) in [5.74, 6) is -3.30. The number of amides is 4. The van der Waals surface area contributed by atoms with Gasteiger partial charge in [-0.2, -0.15) is 0 Å². The summed E-state index contributed by atoms with van der Waals surface area (Å²) < 4.78 is 11.9. The molecule has 0 aliphatic carbocycles. The van der Waals surface area contributed by atoms with Gasteiger partial charge in [0, 0.05) is 33.7 Å². The molecule has 300 valence electrons. The molecule has 0 aromatic heterocycles. The van der Waals surface area contributed by atoms with Crippen LogP contribution in [0.3, 0.4) is 0 Å². The molecule has 1 aromatic rings. The highest BCUT2D eigenvalue weighted by atomic mass is 16.5. The lowest BCUT2D eigenvalue weighted by atomic mass is 9.89. The fourth-order valence-electron chi connectivity index (χ4n) is 7.72. The number of rotatable bonds is 21. The molecule has 8 unspecified atom stereocenters. The molecule has 1 aromatic carbocycles. The van der Waals surface area contributed by atoms with Crippen molar-refractivity contribution in [2.45, 2.75) is 136 Å². The first-order valence-corrected chi connectivity index (χ1v) is 19.1. The van der Waals surface area contributed by atoms with E-state index in [-0.39, 0.29) is 54.4 Å². The van der Waals surface area contributed by atoms with Gasteiger partial charge in [0.15, 0.2) is 0 Å². The Morgan fingerprint density at radius 2 is 1.51 bits per heavy atom. The van der Waals surface area contributed by atoms with E-state index in [0.717, 1.165) is 5.56 Å². The summed E-state index contributed by atoms with van der Waals surface area (Å²) in [5.41, 5.74) is 0.784. The summed E-state index contributed by atoms with van der Waals surface area (Å²) in [4.78, 5) is 70.8. The molecule has 0 bridgehead atoms. The number of carboxylic acid groups (broad SMARTS) is 1. The van der Waals surface area contributed by atoms with Gasteiger partial charge in [0.05, 0.1) is 42.7 Å². The molecule has 0 saturated carbocycles. The Balaban J connectivity index is 2.31. The zero-order chi connectivity index (χ0) is 40.2. The van der Waals surface area contributed by atoms with Crippen molar-refractivity contribution in [2.24, 2.45) is 23.7 Å². The summed E-state index contributed by atoms with van der Waals surface area (Å²) in [6, 6.07) is 5.65. The molecule has 13 nitrogen and oxygen atoms in total. The fraction of sp³-hybridized carbons (Fsp3) is 0.725. The van der Waals surface area contributed by atoms with E-state index in [2.05, 4.69) is 16.0 Å². The lowest BCUT2D eigenvalue weighted by Crippen LogP contribution is -2.59. The molecule has 0 spiro atoms. The average molecular weight is 746 g/mol. The van der Waals surface area contributed by atoms with E-state index in [4.69, 9.17) is 9.47 Å². The van der Waals surface area contributed by atoms with Crippen molar-refractivity contribution < 1.29 is 38.6 Å². The lowest BCUT2D eigenvalue weighted by Gasteiger charge is -2.41.